The number of rotatable bonds is 4. The van der Waals surface area contributed by atoms with Gasteiger partial charge in [-0.3, -0.25) is 14.4 Å². The van der Waals surface area contributed by atoms with E-state index in [0.717, 1.165) is 6.08 Å². The number of nitrogens with one attached hydrogen (secondary N) is 1. The first-order valence-electron chi connectivity index (χ1n) is 9.81. The molecule has 0 amide bonds. The number of carbonyl (C=O) groups excluding carboxylic acids is 3. The number of ketones is 3. The van der Waals surface area contributed by atoms with E-state index in [1.54, 1.807) is 13.8 Å². The van der Waals surface area contributed by atoms with E-state index in [-0.39, 0.29) is 57.7 Å². The third kappa shape index (κ3) is 2.83. The van der Waals surface area contributed by atoms with E-state index >= 15 is 0 Å². The minimum absolute atomic E-state index is 0.0191. The molecular weight excluding hydrogens is 418 g/mol. The molecule has 1 aliphatic heterocycles. The molecule has 3 N–H and O–H groups in total. The fourth-order valence-corrected chi connectivity index (χ4v) is 4.07. The average Bonchev–Trinajstić information content (AvgIpc) is 3.26. The Morgan fingerprint density at radius 3 is 2.47 bits per heavy atom. The number of nitrogens with zero attached hydrogens (tertiary/aromatic N) is 2. The molecule has 0 fully saturated rings. The van der Waals surface area contributed by atoms with Gasteiger partial charge < -0.3 is 24.8 Å². The number of allylic oxidation sites excluding steroid dienone is 4. The summed E-state index contributed by atoms with van der Waals surface area (Å²) in [7, 11) is 0. The first-order chi connectivity index (χ1) is 15.0. The summed E-state index contributed by atoms with van der Waals surface area (Å²) in [4.78, 5) is 42.7. The number of carbonyl (C=O) groups is 3. The minimum Gasteiger partial charge on any atom is -0.507 e. The summed E-state index contributed by atoms with van der Waals surface area (Å²) >= 11 is 0. The van der Waals surface area contributed by atoms with E-state index in [1.165, 1.54) is 20.8 Å². The number of ether oxygens (including phenoxy) is 1. The molecule has 2 heterocycles. The Bertz CT molecular complexity index is 1280. The van der Waals surface area contributed by atoms with Crippen LogP contribution in [0.5, 0.6) is 17.2 Å². The molecule has 0 saturated heterocycles. The van der Waals surface area contributed by atoms with Crippen LogP contribution in [0.4, 0.5) is 0 Å². The number of phenolic OH excluding ortho intramolecular Hbond substituents is 2. The van der Waals surface area contributed by atoms with Gasteiger partial charge in [-0.1, -0.05) is 5.16 Å². The zero-order valence-corrected chi connectivity index (χ0v) is 18.1. The van der Waals surface area contributed by atoms with Gasteiger partial charge in [0, 0.05) is 17.3 Å². The van der Waals surface area contributed by atoms with Gasteiger partial charge in [0.1, 0.15) is 34.0 Å². The lowest BCUT2D eigenvalue weighted by atomic mass is 9.70. The lowest BCUT2D eigenvalue weighted by Crippen LogP contribution is -2.41. The molecular formula is C22H21N3O7. The van der Waals surface area contributed by atoms with Crippen LogP contribution in [0, 0.1) is 13.8 Å². The predicted molar refractivity (Wildman–Crippen MR) is 109 cm³/mol. The van der Waals surface area contributed by atoms with Crippen LogP contribution in [-0.4, -0.2) is 37.7 Å². The first-order valence-corrected chi connectivity index (χ1v) is 9.81. The summed E-state index contributed by atoms with van der Waals surface area (Å²) in [6, 6.07) is 0. The standard InChI is InChI=1S/C22H21N3O7/c1-8-18(28)16(10(3)26)20-17(19(8)29)22(5)13(31-20)6-12(27)15(21(22)30)9(2)23-7-14-24-11(4)25-32-14/h6,23,28-29H,7H2,1-5H3. The molecule has 10 heteroatoms. The maximum Gasteiger partial charge on any atom is 0.245 e. The number of aryl methyl sites for hydroxylation is 1. The smallest absolute Gasteiger partial charge is 0.245 e. The van der Waals surface area contributed by atoms with Crippen LogP contribution in [0.3, 0.4) is 0 Å². The number of aromatic nitrogens is 2. The van der Waals surface area contributed by atoms with Crippen LogP contribution in [0.15, 0.2) is 27.6 Å². The Labute approximate surface area is 182 Å². The zero-order valence-electron chi connectivity index (χ0n) is 18.1. The fraction of sp³-hybridized carbons (Fsp3) is 0.318. The summed E-state index contributed by atoms with van der Waals surface area (Å²) in [6.45, 7) is 7.50. The zero-order chi connectivity index (χ0) is 23.5. The molecule has 1 aromatic carbocycles. The van der Waals surface area contributed by atoms with Crippen LogP contribution in [0.2, 0.25) is 0 Å². The molecule has 2 aromatic rings. The molecule has 166 valence electrons. The molecule has 1 aliphatic carbocycles. The molecule has 32 heavy (non-hydrogen) atoms. The van der Waals surface area contributed by atoms with E-state index in [9.17, 15) is 24.6 Å². The van der Waals surface area contributed by atoms with Gasteiger partial charge in [-0.25, -0.2) is 0 Å². The van der Waals surface area contributed by atoms with Crippen molar-refractivity contribution < 1.29 is 33.9 Å². The van der Waals surface area contributed by atoms with Crippen LogP contribution < -0.4 is 10.1 Å². The summed E-state index contributed by atoms with van der Waals surface area (Å²) in [6.07, 6.45) is 1.16. The second-order valence-electron chi connectivity index (χ2n) is 7.98. The topological polar surface area (TPSA) is 152 Å². The Balaban J connectivity index is 1.84. The highest BCUT2D eigenvalue weighted by atomic mass is 16.5. The molecule has 1 aromatic heterocycles. The fourth-order valence-electron chi connectivity index (χ4n) is 4.07. The lowest BCUT2D eigenvalue weighted by Gasteiger charge is -2.29. The highest BCUT2D eigenvalue weighted by Crippen LogP contribution is 2.57. The van der Waals surface area contributed by atoms with Crippen molar-refractivity contribution in [2.24, 2.45) is 0 Å². The number of benzene rings is 1. The van der Waals surface area contributed by atoms with Gasteiger partial charge in [-0.05, 0) is 34.6 Å². The number of Topliss-reactive ketones (excluding diaryl/α,β-unsaturated/α-hetero) is 2. The summed E-state index contributed by atoms with van der Waals surface area (Å²) in [5.41, 5.74) is -1.48. The van der Waals surface area contributed by atoms with Crippen LogP contribution in [0.1, 0.15) is 54.0 Å². The van der Waals surface area contributed by atoms with Crippen LogP contribution in [0.25, 0.3) is 0 Å². The largest absolute Gasteiger partial charge is 0.507 e. The van der Waals surface area contributed by atoms with Gasteiger partial charge in [0.15, 0.2) is 23.2 Å². The van der Waals surface area contributed by atoms with Crippen molar-refractivity contribution >= 4 is 17.3 Å². The summed E-state index contributed by atoms with van der Waals surface area (Å²) in [5, 5.41) is 27.8. The number of hydrogen-bond donors (Lipinski definition) is 3. The van der Waals surface area contributed by atoms with Crippen LogP contribution >= 0.6 is 0 Å². The van der Waals surface area contributed by atoms with E-state index in [1.807, 2.05) is 0 Å². The molecule has 1 unspecified atom stereocenters. The van der Waals surface area contributed by atoms with Crippen molar-refractivity contribution in [1.29, 1.82) is 0 Å². The minimum atomic E-state index is -1.56. The third-order valence-corrected chi connectivity index (χ3v) is 5.83. The first kappa shape index (κ1) is 21.3. The normalized spacial score (nSPS) is 21.0. The maximum atomic E-state index is 13.6. The quantitative estimate of drug-likeness (QED) is 0.367. The lowest BCUT2D eigenvalue weighted by molar-refractivity contribution is -0.123. The van der Waals surface area contributed by atoms with E-state index in [4.69, 9.17) is 9.26 Å². The SMILES string of the molecule is CC(=O)c1c(O)c(C)c(O)c2c1OC1=CC(=O)C(=C(C)NCc3nc(C)no3)C(=O)C12C. The number of aromatic hydroxyl groups is 2. The van der Waals surface area contributed by atoms with Gasteiger partial charge in [-0.2, -0.15) is 4.98 Å². The average molecular weight is 439 g/mol. The van der Waals surface area contributed by atoms with Crippen LogP contribution in [-0.2, 0) is 21.5 Å². The predicted octanol–water partition coefficient (Wildman–Crippen LogP) is 2.05. The Kier molecular flexibility index (Phi) is 4.69. The second kappa shape index (κ2) is 7.04. The third-order valence-electron chi connectivity index (χ3n) is 5.83. The second-order valence-corrected chi connectivity index (χ2v) is 7.98. The van der Waals surface area contributed by atoms with E-state index in [0.29, 0.717) is 5.82 Å². The molecule has 2 aliphatic rings. The number of phenols is 2. The van der Waals surface area contributed by atoms with Gasteiger partial charge in [0.05, 0.1) is 17.7 Å². The number of fused-ring (bicyclic) bond motifs is 3. The Morgan fingerprint density at radius 2 is 1.88 bits per heavy atom. The van der Waals surface area contributed by atoms with E-state index < -0.39 is 28.5 Å². The molecule has 10 nitrogen and oxygen atoms in total. The van der Waals surface area contributed by atoms with Crippen molar-refractivity contribution in [3.05, 3.63) is 51.5 Å². The molecule has 0 radical (unpaired) electrons. The van der Waals surface area contributed by atoms with Gasteiger partial charge in [-0.15, -0.1) is 0 Å². The van der Waals surface area contributed by atoms with Crippen molar-refractivity contribution in [1.82, 2.24) is 15.5 Å². The number of hydrogen-bond acceptors (Lipinski definition) is 10. The van der Waals surface area contributed by atoms with Gasteiger partial charge in [0.2, 0.25) is 5.89 Å². The highest BCUT2D eigenvalue weighted by Gasteiger charge is 2.56. The molecule has 0 bridgehead atoms. The van der Waals surface area contributed by atoms with Crippen molar-refractivity contribution in [3.63, 3.8) is 0 Å². The van der Waals surface area contributed by atoms with Gasteiger partial charge in [0.25, 0.3) is 0 Å². The summed E-state index contributed by atoms with van der Waals surface area (Å²) < 4.78 is 10.8. The van der Waals surface area contributed by atoms with Crippen molar-refractivity contribution in [2.75, 3.05) is 0 Å². The molecule has 0 spiro atoms. The monoisotopic (exact) mass is 439 g/mol. The van der Waals surface area contributed by atoms with E-state index in [2.05, 4.69) is 15.5 Å². The molecule has 4 rings (SSSR count). The summed E-state index contributed by atoms with van der Waals surface area (Å²) in [5.74, 6) is -1.92. The molecule has 0 saturated carbocycles. The Morgan fingerprint density at radius 1 is 1.19 bits per heavy atom. The highest BCUT2D eigenvalue weighted by molar-refractivity contribution is 6.31. The van der Waals surface area contributed by atoms with Gasteiger partial charge >= 0.3 is 0 Å². The van der Waals surface area contributed by atoms with Crippen molar-refractivity contribution in [2.45, 2.75) is 46.6 Å². The maximum absolute atomic E-state index is 13.6. The Hall–Kier alpha value is -3.95. The molecule has 1 atom stereocenters. The van der Waals surface area contributed by atoms with Crippen molar-refractivity contribution in [3.8, 4) is 17.2 Å².